The Morgan fingerprint density at radius 3 is 2.40 bits per heavy atom. The zero-order valence-corrected chi connectivity index (χ0v) is 10.2. The number of aliphatic hydroxyl groups excluding tert-OH is 1. The minimum atomic E-state index is -0.439. The lowest BCUT2D eigenvalue weighted by Gasteiger charge is -2.31. The van der Waals surface area contributed by atoms with Crippen molar-refractivity contribution >= 4 is 35.6 Å². The van der Waals surface area contributed by atoms with E-state index in [0.717, 1.165) is 18.7 Å². The van der Waals surface area contributed by atoms with Gasteiger partial charge >= 0.3 is 0 Å². The third kappa shape index (κ3) is 2.77. The predicted octanol–water partition coefficient (Wildman–Crippen LogP) is 2.67. The van der Waals surface area contributed by atoms with Crippen molar-refractivity contribution in [2.45, 2.75) is 6.10 Å². The minimum Gasteiger partial charge on any atom is -0.388 e. The maximum atomic E-state index is 9.91. The molecule has 5 heteroatoms. The van der Waals surface area contributed by atoms with Crippen LogP contribution in [0, 0.1) is 5.92 Å². The Hall–Kier alpha value is 0.01000. The number of halogens is 3. The maximum absolute atomic E-state index is 9.91. The highest BCUT2D eigenvalue weighted by Gasteiger charge is 2.26. The van der Waals surface area contributed by atoms with E-state index in [-0.39, 0.29) is 12.4 Å². The second-order valence-electron chi connectivity index (χ2n) is 3.54. The normalized spacial score (nSPS) is 17.8. The van der Waals surface area contributed by atoms with Crippen molar-refractivity contribution in [3.63, 3.8) is 0 Å². The summed E-state index contributed by atoms with van der Waals surface area (Å²) in [7, 11) is 0. The van der Waals surface area contributed by atoms with Gasteiger partial charge in [-0.05, 0) is 17.7 Å². The van der Waals surface area contributed by atoms with Crippen LogP contribution in [0.15, 0.2) is 18.2 Å². The van der Waals surface area contributed by atoms with Crippen LogP contribution < -0.4 is 5.32 Å². The Labute approximate surface area is 105 Å². The third-order valence-electron chi connectivity index (χ3n) is 2.54. The molecule has 1 atom stereocenters. The molecule has 2 N–H and O–H groups in total. The van der Waals surface area contributed by atoms with E-state index in [1.54, 1.807) is 12.1 Å². The molecule has 1 aromatic carbocycles. The fourth-order valence-corrected chi connectivity index (χ4v) is 1.81. The van der Waals surface area contributed by atoms with Crippen LogP contribution in [-0.4, -0.2) is 18.2 Å². The number of benzene rings is 1. The zero-order chi connectivity index (χ0) is 10.1. The van der Waals surface area contributed by atoms with Crippen molar-refractivity contribution in [1.82, 2.24) is 5.32 Å². The molecule has 2 rings (SSSR count). The van der Waals surface area contributed by atoms with Crippen molar-refractivity contribution in [2.24, 2.45) is 5.92 Å². The van der Waals surface area contributed by atoms with Gasteiger partial charge in [0.1, 0.15) is 0 Å². The quantitative estimate of drug-likeness (QED) is 0.864. The first-order valence-electron chi connectivity index (χ1n) is 4.52. The number of nitrogens with one attached hydrogen (secondary N) is 1. The van der Waals surface area contributed by atoms with E-state index in [1.165, 1.54) is 0 Å². The molecule has 0 unspecified atom stereocenters. The summed E-state index contributed by atoms with van der Waals surface area (Å²) in [6.07, 6.45) is -0.439. The van der Waals surface area contributed by atoms with Gasteiger partial charge in [0.15, 0.2) is 0 Å². The van der Waals surface area contributed by atoms with Crippen molar-refractivity contribution in [1.29, 1.82) is 0 Å². The van der Waals surface area contributed by atoms with Gasteiger partial charge in [0.05, 0.1) is 16.1 Å². The molecule has 0 amide bonds. The largest absolute Gasteiger partial charge is 0.388 e. The van der Waals surface area contributed by atoms with Gasteiger partial charge in [-0.15, -0.1) is 12.4 Å². The molecule has 1 aliphatic heterocycles. The summed E-state index contributed by atoms with van der Waals surface area (Å²) in [5.74, 6) is 0.298. The Morgan fingerprint density at radius 1 is 1.27 bits per heavy atom. The standard InChI is InChI=1S/C10H11Cl2NO.ClH/c11-8-2-1-6(3-9(8)12)10(14)7-4-13-5-7;/h1-3,7,10,13-14H,4-5H2;1H/t10-;/m0./s1. The van der Waals surface area contributed by atoms with Crippen LogP contribution in [0.2, 0.25) is 10.0 Å². The van der Waals surface area contributed by atoms with Gasteiger partial charge in [-0.2, -0.15) is 0 Å². The van der Waals surface area contributed by atoms with Crippen LogP contribution in [0.4, 0.5) is 0 Å². The highest BCUT2D eigenvalue weighted by molar-refractivity contribution is 6.42. The van der Waals surface area contributed by atoms with Gasteiger partial charge in [0, 0.05) is 19.0 Å². The fraction of sp³-hybridized carbons (Fsp3) is 0.400. The van der Waals surface area contributed by atoms with Crippen LogP contribution >= 0.6 is 35.6 Å². The van der Waals surface area contributed by atoms with Gasteiger partial charge in [-0.1, -0.05) is 29.3 Å². The van der Waals surface area contributed by atoms with Crippen molar-refractivity contribution in [3.05, 3.63) is 33.8 Å². The third-order valence-corrected chi connectivity index (χ3v) is 3.28. The summed E-state index contributed by atoms with van der Waals surface area (Å²) in [4.78, 5) is 0. The molecule has 1 saturated heterocycles. The molecule has 0 saturated carbocycles. The molecular weight excluding hydrogens is 256 g/mol. The van der Waals surface area contributed by atoms with Crippen LogP contribution in [0.25, 0.3) is 0 Å². The van der Waals surface area contributed by atoms with Crippen molar-refractivity contribution in [2.75, 3.05) is 13.1 Å². The highest BCUT2D eigenvalue weighted by Crippen LogP contribution is 2.30. The zero-order valence-electron chi connectivity index (χ0n) is 7.91. The van der Waals surface area contributed by atoms with E-state index in [9.17, 15) is 5.11 Å². The molecular formula is C10H12Cl3NO. The van der Waals surface area contributed by atoms with E-state index in [0.29, 0.717) is 16.0 Å². The second kappa shape index (κ2) is 5.37. The van der Waals surface area contributed by atoms with Gasteiger partial charge in [-0.3, -0.25) is 0 Å². The van der Waals surface area contributed by atoms with E-state index in [4.69, 9.17) is 23.2 Å². The lowest BCUT2D eigenvalue weighted by atomic mass is 9.91. The molecule has 0 radical (unpaired) electrons. The molecule has 0 aromatic heterocycles. The molecule has 2 nitrogen and oxygen atoms in total. The maximum Gasteiger partial charge on any atom is 0.0843 e. The summed E-state index contributed by atoms with van der Waals surface area (Å²) in [6, 6.07) is 5.26. The summed E-state index contributed by atoms with van der Waals surface area (Å²) in [5, 5.41) is 14.1. The number of rotatable bonds is 2. The summed E-state index contributed by atoms with van der Waals surface area (Å²) < 4.78 is 0. The molecule has 1 fully saturated rings. The molecule has 15 heavy (non-hydrogen) atoms. The van der Waals surface area contributed by atoms with Gasteiger partial charge in [0.2, 0.25) is 0 Å². The Bertz CT molecular complexity index is 341. The summed E-state index contributed by atoms with van der Waals surface area (Å²) in [5.41, 5.74) is 0.839. The van der Waals surface area contributed by atoms with E-state index in [1.807, 2.05) is 6.07 Å². The predicted molar refractivity (Wildman–Crippen MR) is 65.0 cm³/mol. The monoisotopic (exact) mass is 267 g/mol. The molecule has 1 heterocycles. The average molecular weight is 269 g/mol. The average Bonchev–Trinajstić information content (AvgIpc) is 2.06. The Kier molecular flexibility index (Phi) is 4.68. The van der Waals surface area contributed by atoms with E-state index < -0.39 is 6.10 Å². The van der Waals surface area contributed by atoms with E-state index in [2.05, 4.69) is 5.32 Å². The molecule has 84 valence electrons. The smallest absolute Gasteiger partial charge is 0.0843 e. The van der Waals surface area contributed by atoms with Crippen LogP contribution in [0.3, 0.4) is 0 Å². The van der Waals surface area contributed by atoms with Crippen molar-refractivity contribution in [3.8, 4) is 0 Å². The minimum absolute atomic E-state index is 0. The lowest BCUT2D eigenvalue weighted by molar-refractivity contribution is 0.0767. The summed E-state index contributed by atoms with van der Waals surface area (Å²) in [6.45, 7) is 1.73. The first kappa shape index (κ1) is 13.1. The van der Waals surface area contributed by atoms with Crippen LogP contribution in [0.5, 0.6) is 0 Å². The van der Waals surface area contributed by atoms with Gasteiger partial charge < -0.3 is 10.4 Å². The molecule has 1 aliphatic rings. The summed E-state index contributed by atoms with van der Waals surface area (Å²) >= 11 is 11.7. The molecule has 0 aliphatic carbocycles. The number of hydrogen-bond acceptors (Lipinski definition) is 2. The Morgan fingerprint density at radius 2 is 1.93 bits per heavy atom. The van der Waals surface area contributed by atoms with Crippen molar-refractivity contribution < 1.29 is 5.11 Å². The fourth-order valence-electron chi connectivity index (χ4n) is 1.50. The number of aliphatic hydroxyl groups is 1. The van der Waals surface area contributed by atoms with Gasteiger partial charge in [-0.25, -0.2) is 0 Å². The molecule has 0 spiro atoms. The second-order valence-corrected chi connectivity index (χ2v) is 4.35. The van der Waals surface area contributed by atoms with Crippen LogP contribution in [-0.2, 0) is 0 Å². The topological polar surface area (TPSA) is 32.3 Å². The first-order valence-corrected chi connectivity index (χ1v) is 5.28. The Balaban J connectivity index is 0.00000112. The molecule has 0 bridgehead atoms. The molecule has 1 aromatic rings. The van der Waals surface area contributed by atoms with Gasteiger partial charge in [0.25, 0.3) is 0 Å². The first-order chi connectivity index (χ1) is 6.68. The SMILES string of the molecule is Cl.O[C@@H](c1ccc(Cl)c(Cl)c1)C1CNC1. The number of hydrogen-bond donors (Lipinski definition) is 2. The lowest BCUT2D eigenvalue weighted by Crippen LogP contribution is -2.45. The van der Waals surface area contributed by atoms with Crippen LogP contribution in [0.1, 0.15) is 11.7 Å². The highest BCUT2D eigenvalue weighted by atomic mass is 35.5. The van der Waals surface area contributed by atoms with E-state index >= 15 is 0 Å².